The fraction of sp³-hybridized carbons (Fsp3) is 0.240. The van der Waals surface area contributed by atoms with Crippen LogP contribution in [0.15, 0.2) is 42.6 Å². The average Bonchev–Trinajstić information content (AvgIpc) is 3.38. The lowest BCUT2D eigenvalue weighted by atomic mass is 10.0. The Kier molecular flexibility index (Phi) is 5.13. The summed E-state index contributed by atoms with van der Waals surface area (Å²) in [5, 5.41) is 11.6. The minimum atomic E-state index is -0.651. The van der Waals surface area contributed by atoms with Gasteiger partial charge in [-0.25, -0.2) is 4.98 Å². The van der Waals surface area contributed by atoms with Gasteiger partial charge in [-0.05, 0) is 42.3 Å². The van der Waals surface area contributed by atoms with Gasteiger partial charge in [0.2, 0.25) is 11.8 Å². The maximum atomic E-state index is 12.9. The van der Waals surface area contributed by atoms with E-state index in [0.717, 1.165) is 11.1 Å². The molecule has 1 N–H and O–H groups in total. The Bertz CT molecular complexity index is 1400. The molecule has 9 nitrogen and oxygen atoms in total. The number of imide groups is 1. The van der Waals surface area contributed by atoms with E-state index < -0.39 is 11.9 Å². The van der Waals surface area contributed by atoms with E-state index in [4.69, 9.17) is 9.72 Å². The minimum absolute atomic E-state index is 0.212. The molecule has 1 unspecified atom stereocenters. The second-order valence-corrected chi connectivity index (χ2v) is 8.36. The highest BCUT2D eigenvalue weighted by atomic mass is 16.5. The normalized spacial score (nSPS) is 17.4. The van der Waals surface area contributed by atoms with Gasteiger partial charge in [0.1, 0.15) is 17.6 Å². The number of carbonyl (C=O) groups excluding carboxylic acids is 3. The van der Waals surface area contributed by atoms with E-state index in [2.05, 4.69) is 11.4 Å². The molecule has 0 spiro atoms. The zero-order valence-corrected chi connectivity index (χ0v) is 18.7. The predicted molar refractivity (Wildman–Crippen MR) is 121 cm³/mol. The van der Waals surface area contributed by atoms with Gasteiger partial charge in [-0.1, -0.05) is 6.07 Å². The quantitative estimate of drug-likeness (QED) is 0.604. The number of aromatic nitrogens is 2. The smallest absolute Gasteiger partial charge is 0.255 e. The maximum Gasteiger partial charge on any atom is 0.255 e. The molecule has 1 fully saturated rings. The van der Waals surface area contributed by atoms with Crippen LogP contribution in [-0.2, 0) is 23.2 Å². The SMILES string of the molecule is COc1ccc(C#N)cc1-c1nc(-c2ccc3c(c2)CN(C2CCC(=O)NC2=O)C3=O)cn1C. The first-order valence-corrected chi connectivity index (χ1v) is 10.8. The van der Waals surface area contributed by atoms with Crippen LogP contribution in [0.2, 0.25) is 0 Å². The number of rotatable bonds is 4. The van der Waals surface area contributed by atoms with E-state index in [9.17, 15) is 19.6 Å². The summed E-state index contributed by atoms with van der Waals surface area (Å²) in [7, 11) is 3.44. The van der Waals surface area contributed by atoms with Gasteiger partial charge in [-0.15, -0.1) is 0 Å². The summed E-state index contributed by atoms with van der Waals surface area (Å²) in [5.41, 5.74) is 4.10. The van der Waals surface area contributed by atoms with E-state index in [0.29, 0.717) is 46.9 Å². The maximum absolute atomic E-state index is 12.9. The van der Waals surface area contributed by atoms with Crippen molar-refractivity contribution in [2.45, 2.75) is 25.4 Å². The second-order valence-electron chi connectivity index (χ2n) is 8.36. The van der Waals surface area contributed by atoms with Crippen molar-refractivity contribution in [2.24, 2.45) is 7.05 Å². The van der Waals surface area contributed by atoms with E-state index in [1.807, 2.05) is 29.9 Å². The third-order valence-corrected chi connectivity index (χ3v) is 6.27. The molecule has 2 aliphatic rings. The van der Waals surface area contributed by atoms with Crippen LogP contribution in [0, 0.1) is 11.3 Å². The molecule has 34 heavy (non-hydrogen) atoms. The summed E-state index contributed by atoms with van der Waals surface area (Å²) >= 11 is 0. The van der Waals surface area contributed by atoms with Gasteiger partial charge < -0.3 is 14.2 Å². The Labute approximate surface area is 195 Å². The molecule has 0 radical (unpaired) electrons. The van der Waals surface area contributed by atoms with Gasteiger partial charge in [-0.2, -0.15) is 5.26 Å². The molecule has 170 valence electrons. The summed E-state index contributed by atoms with van der Waals surface area (Å²) in [4.78, 5) is 43.0. The molecular weight excluding hydrogens is 434 g/mol. The standard InChI is InChI=1S/C25H21N5O4/c1-29-13-19(27-23(29)18-9-14(11-26)3-7-21(18)34-2)15-4-5-17-16(10-15)12-30(25(17)33)20-6-8-22(31)28-24(20)32/h3-5,7,9-10,13,20H,6,8,12H2,1-2H3,(H,28,31,32). The molecular formula is C25H21N5O4. The number of aryl methyl sites for hydroxylation is 1. The van der Waals surface area contributed by atoms with Gasteiger partial charge in [0.25, 0.3) is 5.91 Å². The molecule has 1 aromatic heterocycles. The largest absolute Gasteiger partial charge is 0.496 e. The molecule has 2 aromatic carbocycles. The van der Waals surface area contributed by atoms with Crippen molar-refractivity contribution in [2.75, 3.05) is 7.11 Å². The predicted octanol–water partition coefficient (Wildman–Crippen LogP) is 2.40. The summed E-state index contributed by atoms with van der Waals surface area (Å²) in [6.45, 7) is 0.298. The summed E-state index contributed by atoms with van der Waals surface area (Å²) in [6, 6.07) is 12.2. The number of fused-ring (bicyclic) bond motifs is 1. The number of nitriles is 1. The molecule has 3 heterocycles. The number of benzene rings is 2. The topological polar surface area (TPSA) is 117 Å². The number of carbonyl (C=O) groups is 3. The number of nitrogens with zero attached hydrogens (tertiary/aromatic N) is 4. The number of hydrogen-bond donors (Lipinski definition) is 1. The Balaban J connectivity index is 1.47. The van der Waals surface area contributed by atoms with E-state index in [-0.39, 0.29) is 18.2 Å². The Hall–Kier alpha value is -4.45. The first kappa shape index (κ1) is 21.4. The van der Waals surface area contributed by atoms with Crippen LogP contribution in [0.5, 0.6) is 5.75 Å². The van der Waals surface area contributed by atoms with E-state index in [1.165, 1.54) is 4.90 Å². The summed E-state index contributed by atoms with van der Waals surface area (Å²) < 4.78 is 7.33. The molecule has 2 aliphatic heterocycles. The number of imidazole rings is 1. The van der Waals surface area contributed by atoms with Gasteiger partial charge in [0, 0.05) is 37.3 Å². The van der Waals surface area contributed by atoms with Crippen molar-refractivity contribution in [3.63, 3.8) is 0 Å². The number of ether oxygens (including phenoxy) is 1. The van der Waals surface area contributed by atoms with Crippen LogP contribution >= 0.6 is 0 Å². The monoisotopic (exact) mass is 455 g/mol. The van der Waals surface area contributed by atoms with Crippen molar-refractivity contribution >= 4 is 17.7 Å². The third kappa shape index (κ3) is 3.49. The average molecular weight is 455 g/mol. The van der Waals surface area contributed by atoms with Crippen molar-refractivity contribution in [3.05, 3.63) is 59.3 Å². The molecule has 9 heteroatoms. The molecule has 3 aromatic rings. The highest BCUT2D eigenvalue weighted by Gasteiger charge is 2.39. The van der Waals surface area contributed by atoms with Crippen LogP contribution in [0.25, 0.3) is 22.6 Å². The van der Waals surface area contributed by atoms with Crippen LogP contribution in [0.1, 0.15) is 34.3 Å². The second kappa shape index (κ2) is 8.15. The molecule has 0 aliphatic carbocycles. The van der Waals surface area contributed by atoms with E-state index >= 15 is 0 Å². The van der Waals surface area contributed by atoms with Crippen molar-refractivity contribution in [1.29, 1.82) is 5.26 Å². The molecule has 3 amide bonds. The lowest BCUT2D eigenvalue weighted by Crippen LogP contribution is -2.52. The van der Waals surface area contributed by atoms with Crippen molar-refractivity contribution in [1.82, 2.24) is 19.8 Å². The number of methoxy groups -OCH3 is 1. The van der Waals surface area contributed by atoms with E-state index in [1.54, 1.807) is 31.4 Å². The first-order chi connectivity index (χ1) is 16.4. The Morgan fingerprint density at radius 2 is 1.97 bits per heavy atom. The molecule has 5 rings (SSSR count). The van der Waals surface area contributed by atoms with Crippen LogP contribution in [-0.4, -0.2) is 45.3 Å². The van der Waals surface area contributed by atoms with Crippen molar-refractivity contribution in [3.8, 4) is 34.5 Å². The van der Waals surface area contributed by atoms with Gasteiger partial charge in [0.15, 0.2) is 0 Å². The Morgan fingerprint density at radius 3 is 2.71 bits per heavy atom. The van der Waals surface area contributed by atoms with Gasteiger partial charge >= 0.3 is 0 Å². The highest BCUT2D eigenvalue weighted by Crippen LogP contribution is 2.34. The fourth-order valence-corrected chi connectivity index (χ4v) is 4.54. The molecule has 0 saturated carbocycles. The summed E-state index contributed by atoms with van der Waals surface area (Å²) in [6.07, 6.45) is 2.42. The highest BCUT2D eigenvalue weighted by molar-refractivity contribution is 6.05. The number of nitrogens with one attached hydrogen (secondary N) is 1. The fourth-order valence-electron chi connectivity index (χ4n) is 4.54. The number of hydrogen-bond acceptors (Lipinski definition) is 6. The summed E-state index contributed by atoms with van der Waals surface area (Å²) in [5.74, 6) is 0.302. The minimum Gasteiger partial charge on any atom is -0.496 e. The number of amides is 3. The third-order valence-electron chi connectivity index (χ3n) is 6.27. The zero-order valence-electron chi connectivity index (χ0n) is 18.7. The van der Waals surface area contributed by atoms with Crippen LogP contribution in [0.4, 0.5) is 0 Å². The van der Waals surface area contributed by atoms with Gasteiger partial charge in [-0.3, -0.25) is 19.7 Å². The molecule has 1 atom stereocenters. The lowest BCUT2D eigenvalue weighted by molar-refractivity contribution is -0.136. The van der Waals surface area contributed by atoms with Crippen molar-refractivity contribution < 1.29 is 19.1 Å². The van der Waals surface area contributed by atoms with Crippen LogP contribution in [0.3, 0.4) is 0 Å². The lowest BCUT2D eigenvalue weighted by Gasteiger charge is -2.29. The molecule has 1 saturated heterocycles. The molecule has 0 bridgehead atoms. The Morgan fingerprint density at radius 1 is 1.15 bits per heavy atom. The number of piperidine rings is 1. The van der Waals surface area contributed by atoms with Crippen LogP contribution < -0.4 is 10.1 Å². The van der Waals surface area contributed by atoms with Gasteiger partial charge in [0.05, 0.1) is 30.0 Å². The zero-order chi connectivity index (χ0) is 24.0. The first-order valence-electron chi connectivity index (χ1n) is 10.8.